The molecule has 0 radical (unpaired) electrons. The maximum atomic E-state index is 12.9. The highest BCUT2D eigenvalue weighted by atomic mass is 16.2. The van der Waals surface area contributed by atoms with Gasteiger partial charge in [-0.05, 0) is 52.0 Å². The number of benzene rings is 1. The van der Waals surface area contributed by atoms with Crippen LogP contribution >= 0.6 is 0 Å². The molecule has 0 spiro atoms. The van der Waals surface area contributed by atoms with Crippen LogP contribution in [0.25, 0.3) is 0 Å². The van der Waals surface area contributed by atoms with Gasteiger partial charge in [0.05, 0.1) is 50.4 Å². The summed E-state index contributed by atoms with van der Waals surface area (Å²) in [7, 11) is 0. The molecule has 2 N–H and O–H groups in total. The molecule has 8 heteroatoms. The van der Waals surface area contributed by atoms with Crippen molar-refractivity contribution < 1.29 is 29.0 Å². The molecule has 0 bridgehead atoms. The maximum absolute atomic E-state index is 12.9. The molecule has 1 aromatic rings. The fraction of sp³-hybridized carbons (Fsp3) is 0.545. The Hall–Kier alpha value is -2.58. The van der Waals surface area contributed by atoms with Gasteiger partial charge in [0, 0.05) is 0 Å². The van der Waals surface area contributed by atoms with Gasteiger partial charge >= 0.3 is 0 Å². The first-order valence-corrected chi connectivity index (χ1v) is 10.9. The van der Waals surface area contributed by atoms with Crippen LogP contribution in [0.15, 0.2) is 24.3 Å². The molecule has 2 atom stereocenters. The normalized spacial score (nSPS) is 22.3. The zero-order valence-corrected chi connectivity index (χ0v) is 18.2. The molecule has 2 saturated heterocycles. The summed E-state index contributed by atoms with van der Waals surface area (Å²) in [6.07, 6.45) is 0.407. The Bertz CT molecular complexity index is 761. The molecule has 2 fully saturated rings. The zero-order chi connectivity index (χ0) is 22.0. The lowest BCUT2D eigenvalue weighted by Crippen LogP contribution is -3.16. The van der Waals surface area contributed by atoms with Gasteiger partial charge in [-0.3, -0.25) is 19.2 Å². The van der Waals surface area contributed by atoms with Crippen LogP contribution in [0.3, 0.4) is 0 Å². The van der Waals surface area contributed by atoms with Crippen molar-refractivity contribution >= 4 is 35.0 Å². The average molecular weight is 417 g/mol. The molecule has 0 aliphatic carbocycles. The van der Waals surface area contributed by atoms with E-state index in [1.165, 1.54) is 9.80 Å². The van der Waals surface area contributed by atoms with E-state index in [1.807, 2.05) is 27.7 Å². The second-order valence-corrected chi connectivity index (χ2v) is 7.90. The minimum Gasteiger partial charge on any atom is -0.325 e. The van der Waals surface area contributed by atoms with Crippen LogP contribution in [0, 0.1) is 0 Å². The van der Waals surface area contributed by atoms with Crippen LogP contribution in [0.2, 0.25) is 0 Å². The Morgan fingerprint density at radius 1 is 0.667 bits per heavy atom. The molecule has 0 aromatic heterocycles. The minimum atomic E-state index is -0.355. The lowest BCUT2D eigenvalue weighted by molar-refractivity contribution is -0.911. The van der Waals surface area contributed by atoms with E-state index in [0.717, 1.165) is 36.0 Å². The number of imide groups is 2. The van der Waals surface area contributed by atoms with Crippen molar-refractivity contribution in [2.24, 2.45) is 0 Å². The fourth-order valence-electron chi connectivity index (χ4n) is 4.68. The highest BCUT2D eigenvalue weighted by Gasteiger charge is 2.46. The molecule has 30 heavy (non-hydrogen) atoms. The number of carbonyl (C=O) groups excluding carboxylic acids is 4. The van der Waals surface area contributed by atoms with Crippen molar-refractivity contribution in [3.63, 3.8) is 0 Å². The summed E-state index contributed by atoms with van der Waals surface area (Å²) in [5, 5.41) is 0. The zero-order valence-electron chi connectivity index (χ0n) is 18.2. The molecule has 2 aliphatic heterocycles. The topological polar surface area (TPSA) is 83.6 Å². The number of carbonyl (C=O) groups is 4. The van der Waals surface area contributed by atoms with Crippen molar-refractivity contribution in [1.82, 2.24) is 0 Å². The van der Waals surface area contributed by atoms with Crippen LogP contribution in [-0.2, 0) is 19.2 Å². The Balaban J connectivity index is 1.80. The molecule has 2 aliphatic rings. The number of rotatable bonds is 8. The van der Waals surface area contributed by atoms with E-state index in [9.17, 15) is 19.2 Å². The standard InChI is InChI=1S/C22H30N4O4/c1-5-23(6-2)17-13-19(27)25(21(17)29)15-9-11-16(12-10-15)26-20(28)14-18(22(26)30)24(7-3)8-4/h9-12,17-18H,5-8,13-14H2,1-4H3/p+2/t17-,18+. The van der Waals surface area contributed by atoms with Gasteiger partial charge in [0.2, 0.25) is 11.8 Å². The summed E-state index contributed by atoms with van der Waals surface area (Å²) in [6, 6.07) is 5.86. The summed E-state index contributed by atoms with van der Waals surface area (Å²) in [6.45, 7) is 11.1. The predicted octanol–water partition coefficient (Wildman–Crippen LogP) is -1.20. The fourth-order valence-corrected chi connectivity index (χ4v) is 4.68. The predicted molar refractivity (Wildman–Crippen MR) is 112 cm³/mol. The van der Waals surface area contributed by atoms with Gasteiger partial charge < -0.3 is 9.80 Å². The summed E-state index contributed by atoms with van der Waals surface area (Å²) in [5.41, 5.74) is 0.959. The molecule has 2 heterocycles. The first-order valence-electron chi connectivity index (χ1n) is 10.9. The second-order valence-electron chi connectivity index (χ2n) is 7.90. The van der Waals surface area contributed by atoms with Gasteiger partial charge in [-0.15, -0.1) is 0 Å². The number of quaternary nitrogens is 2. The van der Waals surface area contributed by atoms with E-state index >= 15 is 0 Å². The van der Waals surface area contributed by atoms with Gasteiger partial charge in [0.15, 0.2) is 12.1 Å². The van der Waals surface area contributed by atoms with E-state index in [1.54, 1.807) is 24.3 Å². The second kappa shape index (κ2) is 9.06. The lowest BCUT2D eigenvalue weighted by Gasteiger charge is -2.22. The molecule has 4 amide bonds. The number of nitrogens with zero attached hydrogens (tertiary/aromatic N) is 2. The van der Waals surface area contributed by atoms with E-state index < -0.39 is 0 Å². The quantitative estimate of drug-likeness (QED) is 0.522. The number of likely N-dealkylation sites (N-methyl/N-ethyl adjacent to an activating group) is 2. The monoisotopic (exact) mass is 416 g/mol. The number of hydrogen-bond donors (Lipinski definition) is 2. The SMILES string of the molecule is CC[NH+](CC)[C@@H]1CC(=O)N(c2ccc(N3C(=O)C[C@H]([NH+](CC)CC)C3=O)cc2)C1=O. The first kappa shape index (κ1) is 22.1. The summed E-state index contributed by atoms with van der Waals surface area (Å²) >= 11 is 0. The molecule has 3 rings (SSSR count). The molecular formula is C22H32N4O4+2. The maximum Gasteiger partial charge on any atom is 0.292 e. The Morgan fingerprint density at radius 2 is 0.967 bits per heavy atom. The third kappa shape index (κ3) is 3.77. The van der Waals surface area contributed by atoms with E-state index in [2.05, 4.69) is 0 Å². The Labute approximate surface area is 177 Å². The van der Waals surface area contributed by atoms with E-state index in [0.29, 0.717) is 11.4 Å². The van der Waals surface area contributed by atoms with Crippen LogP contribution in [-0.4, -0.2) is 61.9 Å². The third-order valence-corrected chi connectivity index (χ3v) is 6.46. The number of hydrogen-bond acceptors (Lipinski definition) is 4. The van der Waals surface area contributed by atoms with Crippen molar-refractivity contribution in [1.29, 1.82) is 0 Å². The highest BCUT2D eigenvalue weighted by Crippen LogP contribution is 2.27. The number of nitrogens with one attached hydrogen (secondary N) is 2. The molecule has 0 saturated carbocycles. The molecule has 8 nitrogen and oxygen atoms in total. The van der Waals surface area contributed by atoms with E-state index in [4.69, 9.17) is 0 Å². The number of anilines is 2. The summed E-state index contributed by atoms with van der Waals surface area (Å²) < 4.78 is 0. The van der Waals surface area contributed by atoms with Gasteiger partial charge in [-0.1, -0.05) is 0 Å². The smallest absolute Gasteiger partial charge is 0.292 e. The first-order chi connectivity index (χ1) is 14.4. The average Bonchev–Trinajstić information content (AvgIpc) is 3.19. The van der Waals surface area contributed by atoms with Crippen molar-refractivity contribution in [2.75, 3.05) is 36.0 Å². The van der Waals surface area contributed by atoms with Gasteiger partial charge in [-0.25, -0.2) is 9.80 Å². The van der Waals surface area contributed by atoms with Crippen LogP contribution < -0.4 is 19.6 Å². The lowest BCUT2D eigenvalue weighted by atomic mass is 10.2. The van der Waals surface area contributed by atoms with E-state index in [-0.39, 0.29) is 48.6 Å². The molecule has 162 valence electrons. The molecule has 0 unspecified atom stereocenters. The van der Waals surface area contributed by atoms with Gasteiger partial charge in [-0.2, -0.15) is 0 Å². The molecule has 1 aromatic carbocycles. The minimum absolute atomic E-state index is 0.190. The Kier molecular flexibility index (Phi) is 6.67. The van der Waals surface area contributed by atoms with Crippen LogP contribution in [0.1, 0.15) is 40.5 Å². The summed E-state index contributed by atoms with van der Waals surface area (Å²) in [4.78, 5) is 55.4. The van der Waals surface area contributed by atoms with Crippen LogP contribution in [0.4, 0.5) is 11.4 Å². The van der Waals surface area contributed by atoms with Crippen molar-refractivity contribution in [3.05, 3.63) is 24.3 Å². The van der Waals surface area contributed by atoms with Crippen LogP contribution in [0.5, 0.6) is 0 Å². The third-order valence-electron chi connectivity index (χ3n) is 6.46. The number of amides is 4. The highest BCUT2D eigenvalue weighted by molar-refractivity contribution is 6.23. The molecular weight excluding hydrogens is 384 g/mol. The van der Waals surface area contributed by atoms with Gasteiger partial charge in [0.1, 0.15) is 0 Å². The largest absolute Gasteiger partial charge is 0.325 e. The summed E-state index contributed by atoms with van der Waals surface area (Å²) in [5.74, 6) is -0.804. The van der Waals surface area contributed by atoms with Gasteiger partial charge in [0.25, 0.3) is 11.8 Å². The van der Waals surface area contributed by atoms with Crippen molar-refractivity contribution in [3.8, 4) is 0 Å². The Morgan fingerprint density at radius 3 is 1.23 bits per heavy atom. The van der Waals surface area contributed by atoms with Crippen molar-refractivity contribution in [2.45, 2.75) is 52.6 Å².